The fourth-order valence-corrected chi connectivity index (χ4v) is 0.539. The predicted molar refractivity (Wildman–Crippen MR) is 29.7 cm³/mol. The normalized spacial score (nSPS) is 22.6. The average molecular weight is 166 g/mol. The van der Waals surface area contributed by atoms with E-state index < -0.39 is 18.2 Å². The van der Waals surface area contributed by atoms with Gasteiger partial charge in [-0.3, -0.25) is 0 Å². The molecule has 0 aromatic rings. The molecular formula is C6H5F3O2. The smallest absolute Gasteiger partial charge is 0.451 e. The lowest BCUT2D eigenvalue weighted by atomic mass is 10.1. The van der Waals surface area contributed by atoms with E-state index in [1.54, 1.807) is 6.08 Å². The van der Waals surface area contributed by atoms with Gasteiger partial charge in [0.25, 0.3) is 0 Å². The molecule has 1 rings (SSSR count). The Balaban J connectivity index is 2.37. The first-order chi connectivity index (χ1) is 5.00. The lowest BCUT2D eigenvalue weighted by molar-refractivity contribution is -0.203. The molecule has 5 heteroatoms. The van der Waals surface area contributed by atoms with Crippen LogP contribution < -0.4 is 0 Å². The number of hydrogen-bond acceptors (Lipinski definition) is 2. The molecule has 0 heterocycles. The van der Waals surface area contributed by atoms with E-state index in [9.17, 15) is 18.0 Å². The van der Waals surface area contributed by atoms with E-state index in [0.717, 1.165) is 0 Å². The topological polar surface area (TPSA) is 26.3 Å². The van der Waals surface area contributed by atoms with Gasteiger partial charge in [-0.25, -0.2) is 4.79 Å². The molecule has 2 nitrogen and oxygen atoms in total. The van der Waals surface area contributed by atoms with Gasteiger partial charge in [0.05, 0.1) is 0 Å². The van der Waals surface area contributed by atoms with E-state index in [1.807, 2.05) is 0 Å². The number of ether oxygens (including phenoxy) is 1. The molecule has 0 aromatic carbocycles. The van der Waals surface area contributed by atoms with E-state index in [1.165, 1.54) is 6.08 Å². The Morgan fingerprint density at radius 2 is 2.09 bits per heavy atom. The first-order valence-electron chi connectivity index (χ1n) is 2.94. The van der Waals surface area contributed by atoms with Crippen LogP contribution in [0.3, 0.4) is 0 Å². The molecule has 0 fully saturated rings. The molecule has 0 saturated carbocycles. The third kappa shape index (κ3) is 1.96. The van der Waals surface area contributed by atoms with Crippen molar-refractivity contribution in [3.63, 3.8) is 0 Å². The molecular weight excluding hydrogens is 161 g/mol. The van der Waals surface area contributed by atoms with Gasteiger partial charge in [-0.05, 0) is 6.08 Å². The zero-order valence-electron chi connectivity index (χ0n) is 5.39. The Kier molecular flexibility index (Phi) is 1.89. The molecule has 62 valence electrons. The fourth-order valence-electron chi connectivity index (χ4n) is 0.539. The number of carbonyl (C=O) groups is 1. The minimum absolute atomic E-state index is 0.377. The van der Waals surface area contributed by atoms with Crippen LogP contribution in [0.1, 0.15) is 6.42 Å². The number of rotatable bonds is 1. The Morgan fingerprint density at radius 1 is 1.55 bits per heavy atom. The second-order valence-corrected chi connectivity index (χ2v) is 2.11. The van der Waals surface area contributed by atoms with Crippen LogP contribution in [0.2, 0.25) is 0 Å². The van der Waals surface area contributed by atoms with Crippen molar-refractivity contribution >= 4 is 5.97 Å². The summed E-state index contributed by atoms with van der Waals surface area (Å²) in [6.07, 6.45) is -2.13. The summed E-state index contributed by atoms with van der Waals surface area (Å²) in [6, 6.07) is 0. The van der Waals surface area contributed by atoms with Gasteiger partial charge in [0.2, 0.25) is 0 Å². The van der Waals surface area contributed by atoms with Crippen LogP contribution in [0, 0.1) is 0 Å². The molecule has 0 aromatic heterocycles. The summed E-state index contributed by atoms with van der Waals surface area (Å²) in [7, 11) is 0. The van der Waals surface area contributed by atoms with Crippen molar-refractivity contribution in [1.82, 2.24) is 0 Å². The van der Waals surface area contributed by atoms with Crippen molar-refractivity contribution in [3.05, 3.63) is 12.2 Å². The molecule has 1 aliphatic carbocycles. The Morgan fingerprint density at radius 3 is 2.36 bits per heavy atom. The summed E-state index contributed by atoms with van der Waals surface area (Å²) in [5.41, 5.74) is 0. The van der Waals surface area contributed by atoms with Crippen LogP contribution in [0.4, 0.5) is 13.2 Å². The van der Waals surface area contributed by atoms with Gasteiger partial charge in [0.15, 0.2) is 0 Å². The van der Waals surface area contributed by atoms with E-state index >= 15 is 0 Å². The number of carbonyl (C=O) groups excluding carboxylic acids is 1. The van der Waals surface area contributed by atoms with Gasteiger partial charge >= 0.3 is 12.1 Å². The number of hydrogen-bond donors (Lipinski definition) is 0. The molecule has 1 unspecified atom stereocenters. The third-order valence-corrected chi connectivity index (χ3v) is 1.21. The Bertz CT molecular complexity index is 194. The fraction of sp³-hybridized carbons (Fsp3) is 0.500. The Labute approximate surface area is 60.6 Å². The first kappa shape index (κ1) is 8.10. The Hall–Kier alpha value is -1.00. The predicted octanol–water partition coefficient (Wildman–Crippen LogP) is 1.42. The highest BCUT2D eigenvalue weighted by atomic mass is 19.4. The van der Waals surface area contributed by atoms with E-state index in [4.69, 9.17) is 0 Å². The van der Waals surface area contributed by atoms with E-state index in [2.05, 4.69) is 4.74 Å². The zero-order valence-corrected chi connectivity index (χ0v) is 5.39. The number of halogens is 3. The van der Waals surface area contributed by atoms with Gasteiger partial charge in [-0.1, -0.05) is 6.08 Å². The van der Waals surface area contributed by atoms with Gasteiger partial charge in [-0.2, -0.15) is 13.2 Å². The molecule has 0 amide bonds. The maximum Gasteiger partial charge on any atom is 0.490 e. The minimum atomic E-state index is -4.87. The van der Waals surface area contributed by atoms with Crippen molar-refractivity contribution in [2.24, 2.45) is 0 Å². The average Bonchev–Trinajstić information content (AvgIpc) is 1.75. The molecule has 0 N–H and O–H groups in total. The molecule has 1 atom stereocenters. The monoisotopic (exact) mass is 166 g/mol. The molecule has 1 aliphatic rings. The summed E-state index contributed by atoms with van der Waals surface area (Å²) >= 11 is 0. The van der Waals surface area contributed by atoms with Gasteiger partial charge < -0.3 is 4.74 Å². The summed E-state index contributed by atoms with van der Waals surface area (Å²) in [5.74, 6) is -2.12. The lowest BCUT2D eigenvalue weighted by Gasteiger charge is -2.18. The van der Waals surface area contributed by atoms with Crippen LogP contribution in [-0.2, 0) is 9.53 Å². The molecule has 0 bridgehead atoms. The van der Waals surface area contributed by atoms with Crippen molar-refractivity contribution in [1.29, 1.82) is 0 Å². The number of alkyl halides is 3. The summed E-state index contributed by atoms with van der Waals surface area (Å²) < 4.78 is 38.4. The molecule has 0 radical (unpaired) electrons. The summed E-state index contributed by atoms with van der Waals surface area (Å²) in [5, 5.41) is 0. The standard InChI is InChI=1S/C6H5F3O2/c7-6(8,9)5(10)11-4-2-1-3-4/h1-2,4H,3H2. The van der Waals surface area contributed by atoms with Gasteiger partial charge in [-0.15, -0.1) is 0 Å². The quantitative estimate of drug-likeness (QED) is 0.435. The first-order valence-corrected chi connectivity index (χ1v) is 2.94. The maximum absolute atomic E-state index is 11.5. The van der Waals surface area contributed by atoms with Crippen molar-refractivity contribution in [2.45, 2.75) is 18.7 Å². The lowest BCUT2D eigenvalue weighted by Crippen LogP contribution is -2.30. The second kappa shape index (κ2) is 2.56. The van der Waals surface area contributed by atoms with Crippen molar-refractivity contribution in [3.8, 4) is 0 Å². The summed E-state index contributed by atoms with van der Waals surface area (Å²) in [6.45, 7) is 0. The SMILES string of the molecule is O=C(OC1C=CC1)C(F)(F)F. The van der Waals surface area contributed by atoms with E-state index in [0.29, 0.717) is 6.42 Å². The van der Waals surface area contributed by atoms with Gasteiger partial charge in [0, 0.05) is 6.42 Å². The highest BCUT2D eigenvalue weighted by Crippen LogP contribution is 2.20. The van der Waals surface area contributed by atoms with Crippen LogP contribution in [-0.4, -0.2) is 18.2 Å². The summed E-state index contributed by atoms with van der Waals surface area (Å²) in [4.78, 5) is 10.1. The number of esters is 1. The molecule has 0 spiro atoms. The molecule has 0 aliphatic heterocycles. The highest BCUT2D eigenvalue weighted by Gasteiger charge is 2.42. The molecule has 0 saturated heterocycles. The zero-order chi connectivity index (χ0) is 8.48. The highest BCUT2D eigenvalue weighted by molar-refractivity contribution is 5.76. The van der Waals surface area contributed by atoms with Crippen LogP contribution in [0.15, 0.2) is 12.2 Å². The van der Waals surface area contributed by atoms with Crippen LogP contribution >= 0.6 is 0 Å². The van der Waals surface area contributed by atoms with Crippen LogP contribution in [0.5, 0.6) is 0 Å². The van der Waals surface area contributed by atoms with E-state index in [-0.39, 0.29) is 0 Å². The van der Waals surface area contributed by atoms with Crippen LogP contribution in [0.25, 0.3) is 0 Å². The molecule has 11 heavy (non-hydrogen) atoms. The van der Waals surface area contributed by atoms with Crippen molar-refractivity contribution in [2.75, 3.05) is 0 Å². The maximum atomic E-state index is 11.5. The largest absolute Gasteiger partial charge is 0.490 e. The third-order valence-electron chi connectivity index (χ3n) is 1.21. The van der Waals surface area contributed by atoms with Gasteiger partial charge in [0.1, 0.15) is 6.10 Å². The van der Waals surface area contributed by atoms with Crippen molar-refractivity contribution < 1.29 is 22.7 Å². The second-order valence-electron chi connectivity index (χ2n) is 2.11. The minimum Gasteiger partial charge on any atom is -0.451 e.